The first-order valence-corrected chi connectivity index (χ1v) is 4.37. The molecule has 0 saturated heterocycles. The number of aliphatic hydroxyl groups excluding tert-OH is 1. The van der Waals surface area contributed by atoms with Crippen molar-refractivity contribution >= 4 is 0 Å². The summed E-state index contributed by atoms with van der Waals surface area (Å²) < 4.78 is 0. The first-order valence-electron chi connectivity index (χ1n) is 4.37. The fraction of sp³-hybridized carbons (Fsp3) is 0.400. The van der Waals surface area contributed by atoms with Gasteiger partial charge in [0, 0.05) is 5.56 Å². The van der Waals surface area contributed by atoms with E-state index in [1.807, 2.05) is 19.1 Å². The molecule has 3 heteroatoms. The number of phenolic OH excluding ortho intramolecular Hbond substituents is 1. The van der Waals surface area contributed by atoms with E-state index in [1.165, 1.54) is 0 Å². The summed E-state index contributed by atoms with van der Waals surface area (Å²) >= 11 is 0. The van der Waals surface area contributed by atoms with Crippen LogP contribution in [0.3, 0.4) is 0 Å². The quantitative estimate of drug-likeness (QED) is 0.650. The van der Waals surface area contributed by atoms with E-state index in [2.05, 4.69) is 0 Å². The minimum Gasteiger partial charge on any atom is -0.507 e. The van der Waals surface area contributed by atoms with E-state index < -0.39 is 6.04 Å². The van der Waals surface area contributed by atoms with Crippen molar-refractivity contribution in [2.75, 3.05) is 6.61 Å². The average Bonchev–Trinajstić information content (AvgIpc) is 2.17. The lowest BCUT2D eigenvalue weighted by atomic mass is 10.0. The molecule has 0 aliphatic heterocycles. The number of aromatic hydroxyl groups is 1. The minimum atomic E-state index is -0.494. The van der Waals surface area contributed by atoms with Crippen molar-refractivity contribution in [3.8, 4) is 5.75 Å². The molecule has 0 aromatic heterocycles. The Hall–Kier alpha value is -1.06. The second-order valence-corrected chi connectivity index (χ2v) is 3.00. The highest BCUT2D eigenvalue weighted by molar-refractivity contribution is 5.42. The molecule has 0 spiro atoms. The SMILES string of the molecule is CCc1cccc(C(N)CO)c1O. The molecular formula is C10H15NO2. The molecule has 1 unspecified atom stereocenters. The second kappa shape index (κ2) is 4.25. The number of aryl methyl sites for hydroxylation is 1. The maximum Gasteiger partial charge on any atom is 0.123 e. The summed E-state index contributed by atoms with van der Waals surface area (Å²) in [7, 11) is 0. The van der Waals surface area contributed by atoms with Crippen molar-refractivity contribution in [2.45, 2.75) is 19.4 Å². The fourth-order valence-corrected chi connectivity index (χ4v) is 1.29. The third-order valence-corrected chi connectivity index (χ3v) is 2.13. The van der Waals surface area contributed by atoms with Gasteiger partial charge in [0.25, 0.3) is 0 Å². The zero-order valence-corrected chi connectivity index (χ0v) is 7.70. The zero-order chi connectivity index (χ0) is 9.84. The van der Waals surface area contributed by atoms with E-state index in [1.54, 1.807) is 6.07 Å². The molecular weight excluding hydrogens is 166 g/mol. The Morgan fingerprint density at radius 1 is 1.46 bits per heavy atom. The molecule has 4 N–H and O–H groups in total. The number of nitrogens with two attached hydrogens (primary N) is 1. The topological polar surface area (TPSA) is 66.5 Å². The van der Waals surface area contributed by atoms with Gasteiger partial charge in [0.1, 0.15) is 5.75 Å². The molecule has 0 amide bonds. The molecule has 0 fully saturated rings. The van der Waals surface area contributed by atoms with Gasteiger partial charge in [-0.2, -0.15) is 0 Å². The van der Waals surface area contributed by atoms with E-state index in [-0.39, 0.29) is 12.4 Å². The Kier molecular flexibility index (Phi) is 3.28. The third-order valence-electron chi connectivity index (χ3n) is 2.13. The van der Waals surface area contributed by atoms with Gasteiger partial charge in [0.2, 0.25) is 0 Å². The van der Waals surface area contributed by atoms with Crippen molar-refractivity contribution in [3.63, 3.8) is 0 Å². The molecule has 1 rings (SSSR count). The Morgan fingerprint density at radius 3 is 2.69 bits per heavy atom. The monoisotopic (exact) mass is 181 g/mol. The molecule has 0 aliphatic rings. The minimum absolute atomic E-state index is 0.152. The summed E-state index contributed by atoms with van der Waals surface area (Å²) in [6.45, 7) is 1.81. The van der Waals surface area contributed by atoms with Crippen LogP contribution in [-0.4, -0.2) is 16.8 Å². The largest absolute Gasteiger partial charge is 0.507 e. The van der Waals surface area contributed by atoms with Gasteiger partial charge >= 0.3 is 0 Å². The Balaban J connectivity index is 3.08. The lowest BCUT2D eigenvalue weighted by Gasteiger charge is -2.12. The summed E-state index contributed by atoms with van der Waals surface area (Å²) in [5.41, 5.74) is 7.08. The van der Waals surface area contributed by atoms with E-state index in [9.17, 15) is 5.11 Å². The highest BCUT2D eigenvalue weighted by Crippen LogP contribution is 2.26. The molecule has 72 valence electrons. The van der Waals surface area contributed by atoms with Crippen molar-refractivity contribution < 1.29 is 10.2 Å². The van der Waals surface area contributed by atoms with E-state index in [0.29, 0.717) is 5.56 Å². The van der Waals surface area contributed by atoms with Gasteiger partial charge in [0.05, 0.1) is 12.6 Å². The van der Waals surface area contributed by atoms with Gasteiger partial charge in [-0.25, -0.2) is 0 Å². The number of benzene rings is 1. The maximum atomic E-state index is 9.70. The lowest BCUT2D eigenvalue weighted by molar-refractivity contribution is 0.265. The number of hydrogen-bond acceptors (Lipinski definition) is 3. The van der Waals surface area contributed by atoms with Gasteiger partial charge in [-0.15, -0.1) is 0 Å². The summed E-state index contributed by atoms with van der Waals surface area (Å²) in [4.78, 5) is 0. The number of para-hydroxylation sites is 1. The van der Waals surface area contributed by atoms with Gasteiger partial charge in [-0.1, -0.05) is 25.1 Å². The molecule has 0 radical (unpaired) electrons. The Morgan fingerprint density at radius 2 is 2.15 bits per heavy atom. The molecule has 1 atom stereocenters. The maximum absolute atomic E-state index is 9.70. The highest BCUT2D eigenvalue weighted by atomic mass is 16.3. The smallest absolute Gasteiger partial charge is 0.123 e. The summed E-state index contributed by atoms with van der Waals surface area (Å²) in [6.07, 6.45) is 0.762. The van der Waals surface area contributed by atoms with Crippen molar-refractivity contribution in [1.29, 1.82) is 0 Å². The van der Waals surface area contributed by atoms with Gasteiger partial charge < -0.3 is 15.9 Å². The van der Waals surface area contributed by atoms with Crippen LogP contribution in [-0.2, 0) is 6.42 Å². The van der Waals surface area contributed by atoms with Crippen LogP contribution in [0.4, 0.5) is 0 Å². The van der Waals surface area contributed by atoms with Crippen LogP contribution in [0.25, 0.3) is 0 Å². The number of rotatable bonds is 3. The fourth-order valence-electron chi connectivity index (χ4n) is 1.29. The first kappa shape index (κ1) is 10.0. The van der Waals surface area contributed by atoms with E-state index in [0.717, 1.165) is 12.0 Å². The second-order valence-electron chi connectivity index (χ2n) is 3.00. The Labute approximate surface area is 77.8 Å². The number of phenols is 1. The molecule has 1 aromatic carbocycles. The van der Waals surface area contributed by atoms with Crippen molar-refractivity contribution in [2.24, 2.45) is 5.73 Å². The average molecular weight is 181 g/mol. The van der Waals surface area contributed by atoms with Crippen LogP contribution >= 0.6 is 0 Å². The normalized spacial score (nSPS) is 12.8. The number of aliphatic hydroxyl groups is 1. The summed E-state index contributed by atoms with van der Waals surface area (Å²) in [6, 6.07) is 4.92. The van der Waals surface area contributed by atoms with Gasteiger partial charge in [0.15, 0.2) is 0 Å². The highest BCUT2D eigenvalue weighted by Gasteiger charge is 2.11. The van der Waals surface area contributed by atoms with Gasteiger partial charge in [-0.3, -0.25) is 0 Å². The molecule has 0 bridgehead atoms. The van der Waals surface area contributed by atoms with Crippen LogP contribution in [0.1, 0.15) is 24.1 Å². The van der Waals surface area contributed by atoms with Crippen molar-refractivity contribution in [1.82, 2.24) is 0 Å². The molecule has 1 aromatic rings. The summed E-state index contributed by atoms with van der Waals surface area (Å²) in [5, 5.41) is 18.5. The van der Waals surface area contributed by atoms with Crippen LogP contribution < -0.4 is 5.73 Å². The predicted molar refractivity (Wildman–Crippen MR) is 51.5 cm³/mol. The standard InChI is InChI=1S/C10H15NO2/c1-2-7-4-3-5-8(10(7)13)9(11)6-12/h3-5,9,12-13H,2,6,11H2,1H3. The van der Waals surface area contributed by atoms with E-state index in [4.69, 9.17) is 10.8 Å². The molecule has 0 heterocycles. The third kappa shape index (κ3) is 1.99. The van der Waals surface area contributed by atoms with Crippen LogP contribution in [0.2, 0.25) is 0 Å². The van der Waals surface area contributed by atoms with Gasteiger partial charge in [-0.05, 0) is 12.0 Å². The van der Waals surface area contributed by atoms with Crippen LogP contribution in [0.5, 0.6) is 5.75 Å². The predicted octanol–water partition coefficient (Wildman–Crippen LogP) is 0.947. The Bertz CT molecular complexity index is 286. The molecule has 0 aliphatic carbocycles. The lowest BCUT2D eigenvalue weighted by Crippen LogP contribution is -2.14. The molecule has 3 nitrogen and oxygen atoms in total. The molecule has 13 heavy (non-hydrogen) atoms. The summed E-state index contributed by atoms with van der Waals surface area (Å²) in [5.74, 6) is 0.214. The first-order chi connectivity index (χ1) is 6.20. The zero-order valence-electron chi connectivity index (χ0n) is 7.70. The molecule has 0 saturated carbocycles. The van der Waals surface area contributed by atoms with Crippen molar-refractivity contribution in [3.05, 3.63) is 29.3 Å². The van der Waals surface area contributed by atoms with Crippen LogP contribution in [0, 0.1) is 0 Å². The number of hydrogen-bond donors (Lipinski definition) is 3. The van der Waals surface area contributed by atoms with E-state index >= 15 is 0 Å². The van der Waals surface area contributed by atoms with Crippen LogP contribution in [0.15, 0.2) is 18.2 Å².